The normalized spacial score (nSPS) is 29.9. The van der Waals surface area contributed by atoms with Gasteiger partial charge < -0.3 is 15.5 Å². The lowest BCUT2D eigenvalue weighted by atomic mass is 9.96. The minimum Gasteiger partial charge on any atom is -0.353 e. The molecule has 2 heterocycles. The van der Waals surface area contributed by atoms with E-state index in [1.807, 2.05) is 6.92 Å². The third-order valence-corrected chi connectivity index (χ3v) is 3.65. The van der Waals surface area contributed by atoms with Gasteiger partial charge >= 0.3 is 0 Å². The molecule has 2 N–H and O–H groups in total. The summed E-state index contributed by atoms with van der Waals surface area (Å²) in [6, 6.07) is -0.266. The van der Waals surface area contributed by atoms with E-state index in [2.05, 4.69) is 10.6 Å². The Kier molecular flexibility index (Phi) is 3.99. The van der Waals surface area contributed by atoms with Crippen molar-refractivity contribution in [2.75, 3.05) is 26.2 Å². The number of nitrogens with zero attached hydrogens (tertiary/aromatic N) is 1. The number of carbonyl (C=O) groups is 2. The smallest absolute Gasteiger partial charge is 0.242 e. The molecule has 2 fully saturated rings. The zero-order valence-electron chi connectivity index (χ0n) is 10.4. The summed E-state index contributed by atoms with van der Waals surface area (Å²) in [5, 5.41) is 6.07. The van der Waals surface area contributed by atoms with Gasteiger partial charge in [0.25, 0.3) is 0 Å². The Hall–Kier alpha value is -1.10. The summed E-state index contributed by atoms with van der Waals surface area (Å²) >= 11 is 0. The van der Waals surface area contributed by atoms with Crippen LogP contribution >= 0.6 is 0 Å². The lowest BCUT2D eigenvalue weighted by Crippen LogP contribution is -2.59. The Labute approximate surface area is 102 Å². The maximum absolute atomic E-state index is 12.4. The minimum atomic E-state index is -0.266. The molecule has 0 bridgehead atoms. The molecule has 17 heavy (non-hydrogen) atoms. The summed E-state index contributed by atoms with van der Waals surface area (Å²) < 4.78 is 0. The summed E-state index contributed by atoms with van der Waals surface area (Å²) in [4.78, 5) is 25.9. The van der Waals surface area contributed by atoms with Crippen LogP contribution in [0.3, 0.4) is 0 Å². The summed E-state index contributed by atoms with van der Waals surface area (Å²) in [5.74, 6) is 0.207. The van der Waals surface area contributed by atoms with Crippen LogP contribution in [-0.2, 0) is 9.59 Å². The number of piperidine rings is 1. The van der Waals surface area contributed by atoms with Gasteiger partial charge in [0.05, 0.1) is 5.92 Å². The van der Waals surface area contributed by atoms with E-state index in [1.54, 1.807) is 4.90 Å². The molecule has 0 radical (unpaired) electrons. The van der Waals surface area contributed by atoms with Crippen molar-refractivity contribution in [1.29, 1.82) is 0 Å². The van der Waals surface area contributed by atoms with Crippen LogP contribution in [0.15, 0.2) is 0 Å². The van der Waals surface area contributed by atoms with Crippen molar-refractivity contribution in [2.45, 2.75) is 32.2 Å². The largest absolute Gasteiger partial charge is 0.353 e. The van der Waals surface area contributed by atoms with Crippen LogP contribution in [-0.4, -0.2) is 48.9 Å². The van der Waals surface area contributed by atoms with Crippen LogP contribution < -0.4 is 10.6 Å². The molecule has 0 aliphatic carbocycles. The molecule has 2 aliphatic rings. The van der Waals surface area contributed by atoms with Crippen LogP contribution in [0.5, 0.6) is 0 Å². The Morgan fingerprint density at radius 2 is 2.29 bits per heavy atom. The van der Waals surface area contributed by atoms with E-state index < -0.39 is 0 Å². The molecule has 0 saturated carbocycles. The topological polar surface area (TPSA) is 61.4 Å². The molecule has 5 heteroatoms. The molecule has 2 saturated heterocycles. The molecule has 2 aliphatic heterocycles. The fourth-order valence-electron chi connectivity index (χ4n) is 2.68. The monoisotopic (exact) mass is 239 g/mol. The van der Waals surface area contributed by atoms with E-state index in [1.165, 1.54) is 0 Å². The standard InChI is InChI=1S/C12H21N3O2/c1-2-10-11(16)14-6-7-15(10)12(17)9-4-3-5-13-8-9/h9-10,13H,2-8H2,1H3,(H,14,16)/t9-,10?/m1/s1. The van der Waals surface area contributed by atoms with Crippen LogP contribution in [0.4, 0.5) is 0 Å². The van der Waals surface area contributed by atoms with Crippen molar-refractivity contribution < 1.29 is 9.59 Å². The second-order valence-electron chi connectivity index (χ2n) is 4.79. The van der Waals surface area contributed by atoms with Crippen molar-refractivity contribution in [1.82, 2.24) is 15.5 Å². The summed E-state index contributed by atoms with van der Waals surface area (Å²) in [5.41, 5.74) is 0. The summed E-state index contributed by atoms with van der Waals surface area (Å²) in [7, 11) is 0. The molecule has 2 amide bonds. The van der Waals surface area contributed by atoms with E-state index in [9.17, 15) is 9.59 Å². The number of carbonyl (C=O) groups excluding carboxylic acids is 2. The molecule has 0 aromatic carbocycles. The highest BCUT2D eigenvalue weighted by molar-refractivity contribution is 5.89. The number of amides is 2. The van der Waals surface area contributed by atoms with Gasteiger partial charge in [-0.2, -0.15) is 0 Å². The first-order valence-corrected chi connectivity index (χ1v) is 6.53. The first-order chi connectivity index (χ1) is 8.24. The second kappa shape index (κ2) is 5.49. The highest BCUT2D eigenvalue weighted by Gasteiger charge is 2.35. The SMILES string of the molecule is CCC1C(=O)NCCN1C(=O)[C@@H]1CCCNC1. The fourth-order valence-corrected chi connectivity index (χ4v) is 2.68. The Morgan fingerprint density at radius 1 is 1.47 bits per heavy atom. The second-order valence-corrected chi connectivity index (χ2v) is 4.79. The summed E-state index contributed by atoms with van der Waals surface area (Å²) in [6.07, 6.45) is 2.69. The van der Waals surface area contributed by atoms with Gasteiger partial charge in [0.2, 0.25) is 11.8 Å². The molecule has 96 valence electrons. The van der Waals surface area contributed by atoms with Gasteiger partial charge in [-0.1, -0.05) is 6.92 Å². The molecule has 1 unspecified atom stereocenters. The molecule has 0 aromatic heterocycles. The fraction of sp³-hybridized carbons (Fsp3) is 0.833. The van der Waals surface area contributed by atoms with Crippen LogP contribution in [0, 0.1) is 5.92 Å². The van der Waals surface area contributed by atoms with E-state index in [-0.39, 0.29) is 23.8 Å². The maximum atomic E-state index is 12.4. The third-order valence-electron chi connectivity index (χ3n) is 3.65. The van der Waals surface area contributed by atoms with Gasteiger partial charge in [0, 0.05) is 19.6 Å². The van der Waals surface area contributed by atoms with Crippen LogP contribution in [0.1, 0.15) is 26.2 Å². The van der Waals surface area contributed by atoms with E-state index in [0.29, 0.717) is 19.5 Å². The lowest BCUT2D eigenvalue weighted by Gasteiger charge is -2.37. The molecule has 5 nitrogen and oxygen atoms in total. The number of hydrogen-bond acceptors (Lipinski definition) is 3. The van der Waals surface area contributed by atoms with Gasteiger partial charge in [0.15, 0.2) is 0 Å². The molecular weight excluding hydrogens is 218 g/mol. The number of nitrogens with one attached hydrogen (secondary N) is 2. The van der Waals surface area contributed by atoms with Crippen LogP contribution in [0.2, 0.25) is 0 Å². The molecule has 2 rings (SSSR count). The number of hydrogen-bond donors (Lipinski definition) is 2. The number of piperazine rings is 1. The maximum Gasteiger partial charge on any atom is 0.242 e. The average Bonchev–Trinajstić information content (AvgIpc) is 2.38. The predicted molar refractivity (Wildman–Crippen MR) is 64.4 cm³/mol. The quantitative estimate of drug-likeness (QED) is 0.697. The van der Waals surface area contributed by atoms with E-state index in [0.717, 1.165) is 25.9 Å². The van der Waals surface area contributed by atoms with Gasteiger partial charge in [-0.3, -0.25) is 9.59 Å². The minimum absolute atomic E-state index is 0.00383. The van der Waals surface area contributed by atoms with Gasteiger partial charge in [-0.15, -0.1) is 0 Å². The molecule has 2 atom stereocenters. The molecule has 0 spiro atoms. The lowest BCUT2D eigenvalue weighted by molar-refractivity contribution is -0.146. The summed E-state index contributed by atoms with van der Waals surface area (Å²) in [6.45, 7) is 4.95. The van der Waals surface area contributed by atoms with Gasteiger partial charge in [0.1, 0.15) is 6.04 Å². The Balaban J connectivity index is 2.03. The van der Waals surface area contributed by atoms with Crippen molar-refractivity contribution in [3.63, 3.8) is 0 Å². The molecule has 0 aromatic rings. The number of rotatable bonds is 2. The first kappa shape index (κ1) is 12.4. The van der Waals surface area contributed by atoms with E-state index in [4.69, 9.17) is 0 Å². The predicted octanol–water partition coefficient (Wildman–Crippen LogP) is -0.277. The average molecular weight is 239 g/mol. The zero-order valence-corrected chi connectivity index (χ0v) is 10.4. The Morgan fingerprint density at radius 3 is 2.94 bits per heavy atom. The van der Waals surface area contributed by atoms with Crippen molar-refractivity contribution in [3.05, 3.63) is 0 Å². The molecular formula is C12H21N3O2. The van der Waals surface area contributed by atoms with Crippen molar-refractivity contribution in [3.8, 4) is 0 Å². The highest BCUT2D eigenvalue weighted by Crippen LogP contribution is 2.17. The first-order valence-electron chi connectivity index (χ1n) is 6.53. The van der Waals surface area contributed by atoms with Crippen molar-refractivity contribution in [2.24, 2.45) is 5.92 Å². The van der Waals surface area contributed by atoms with E-state index >= 15 is 0 Å². The Bertz CT molecular complexity index is 300. The van der Waals surface area contributed by atoms with Gasteiger partial charge in [-0.05, 0) is 25.8 Å². The van der Waals surface area contributed by atoms with Crippen LogP contribution in [0.25, 0.3) is 0 Å². The van der Waals surface area contributed by atoms with Crippen molar-refractivity contribution >= 4 is 11.8 Å². The third kappa shape index (κ3) is 2.60. The highest BCUT2D eigenvalue weighted by atomic mass is 16.2. The zero-order chi connectivity index (χ0) is 12.3. The van der Waals surface area contributed by atoms with Gasteiger partial charge in [-0.25, -0.2) is 0 Å².